The molecule has 1 aromatic carbocycles. The van der Waals surface area contributed by atoms with Crippen LogP contribution in [0.4, 0.5) is 4.39 Å². The van der Waals surface area contributed by atoms with E-state index in [2.05, 4.69) is 0 Å². The molecule has 1 N–H and O–H groups in total. The van der Waals surface area contributed by atoms with Crippen molar-refractivity contribution < 1.29 is 9.50 Å². The zero-order valence-corrected chi connectivity index (χ0v) is 12.6. The molecule has 1 nitrogen and oxygen atoms in total. The summed E-state index contributed by atoms with van der Waals surface area (Å²) in [6.07, 6.45) is 9.65. The summed E-state index contributed by atoms with van der Waals surface area (Å²) in [4.78, 5) is 0. The van der Waals surface area contributed by atoms with Gasteiger partial charge in [-0.2, -0.15) is 0 Å². The van der Waals surface area contributed by atoms with E-state index in [9.17, 15) is 9.50 Å². The number of halogens is 2. The minimum Gasteiger partial charge on any atom is -0.390 e. The highest BCUT2D eigenvalue weighted by molar-refractivity contribution is 6.31. The van der Waals surface area contributed by atoms with E-state index in [-0.39, 0.29) is 5.82 Å². The van der Waals surface area contributed by atoms with Crippen LogP contribution in [-0.2, 0) is 6.42 Å². The van der Waals surface area contributed by atoms with Gasteiger partial charge in [-0.05, 0) is 67.7 Å². The van der Waals surface area contributed by atoms with Crippen LogP contribution in [0.25, 0.3) is 0 Å². The van der Waals surface area contributed by atoms with E-state index in [0.717, 1.165) is 31.2 Å². The predicted octanol–water partition coefficient (Wildman–Crippen LogP) is 4.89. The lowest BCUT2D eigenvalue weighted by Crippen LogP contribution is -2.39. The number of rotatable bonds is 2. The number of aliphatic hydroxyl groups is 1. The third-order valence-electron chi connectivity index (χ3n) is 5.43. The van der Waals surface area contributed by atoms with Crippen molar-refractivity contribution in [1.82, 2.24) is 0 Å². The van der Waals surface area contributed by atoms with Crippen molar-refractivity contribution in [2.24, 2.45) is 5.41 Å². The van der Waals surface area contributed by atoms with E-state index < -0.39 is 5.60 Å². The first-order valence-electron chi connectivity index (χ1n) is 7.67. The fraction of sp³-hybridized carbons (Fsp3) is 0.647. The maximum atomic E-state index is 13.3. The van der Waals surface area contributed by atoms with Gasteiger partial charge in [-0.25, -0.2) is 4.39 Å². The quantitative estimate of drug-likeness (QED) is 0.824. The lowest BCUT2D eigenvalue weighted by Gasteiger charge is -2.42. The van der Waals surface area contributed by atoms with Crippen LogP contribution < -0.4 is 0 Å². The lowest BCUT2D eigenvalue weighted by molar-refractivity contribution is -0.0322. The average molecular weight is 297 g/mol. The molecule has 0 aliphatic heterocycles. The monoisotopic (exact) mass is 296 g/mol. The highest BCUT2D eigenvalue weighted by atomic mass is 35.5. The fourth-order valence-electron chi connectivity index (χ4n) is 4.08. The van der Waals surface area contributed by atoms with Crippen LogP contribution in [0.15, 0.2) is 18.2 Å². The van der Waals surface area contributed by atoms with Gasteiger partial charge in [0, 0.05) is 11.4 Å². The average Bonchev–Trinajstić information content (AvgIpc) is 2.87. The first-order valence-corrected chi connectivity index (χ1v) is 8.05. The second-order valence-electron chi connectivity index (χ2n) is 6.84. The van der Waals surface area contributed by atoms with Crippen LogP contribution in [-0.4, -0.2) is 10.7 Å². The van der Waals surface area contributed by atoms with Gasteiger partial charge in [0.05, 0.1) is 5.60 Å². The van der Waals surface area contributed by atoms with Gasteiger partial charge >= 0.3 is 0 Å². The summed E-state index contributed by atoms with van der Waals surface area (Å²) in [6.45, 7) is 0. The smallest absolute Gasteiger partial charge is 0.123 e. The van der Waals surface area contributed by atoms with E-state index in [1.165, 1.54) is 37.8 Å². The first kappa shape index (κ1) is 14.3. The Morgan fingerprint density at radius 2 is 1.70 bits per heavy atom. The Morgan fingerprint density at radius 1 is 1.05 bits per heavy atom. The molecule has 2 aliphatic carbocycles. The minimum absolute atomic E-state index is 0.281. The van der Waals surface area contributed by atoms with Crippen LogP contribution >= 0.6 is 11.6 Å². The summed E-state index contributed by atoms with van der Waals surface area (Å²) in [6, 6.07) is 4.40. The fourth-order valence-corrected chi connectivity index (χ4v) is 4.27. The van der Waals surface area contributed by atoms with Crippen LogP contribution in [0.2, 0.25) is 5.02 Å². The molecule has 110 valence electrons. The molecule has 2 saturated carbocycles. The van der Waals surface area contributed by atoms with E-state index in [1.807, 2.05) is 0 Å². The molecule has 0 atom stereocenters. The third kappa shape index (κ3) is 2.87. The van der Waals surface area contributed by atoms with Gasteiger partial charge in [0.2, 0.25) is 0 Å². The number of benzene rings is 1. The van der Waals surface area contributed by atoms with Gasteiger partial charge in [-0.3, -0.25) is 0 Å². The van der Waals surface area contributed by atoms with Gasteiger partial charge in [-0.1, -0.05) is 24.4 Å². The topological polar surface area (TPSA) is 20.2 Å². The van der Waals surface area contributed by atoms with Gasteiger partial charge < -0.3 is 5.11 Å². The first-order chi connectivity index (χ1) is 9.50. The van der Waals surface area contributed by atoms with Gasteiger partial charge in [0.25, 0.3) is 0 Å². The molecule has 0 saturated heterocycles. The van der Waals surface area contributed by atoms with Crippen LogP contribution in [0, 0.1) is 11.2 Å². The normalized spacial score (nSPS) is 24.1. The highest BCUT2D eigenvalue weighted by Gasteiger charge is 2.43. The zero-order valence-electron chi connectivity index (χ0n) is 11.8. The standard InChI is InChI=1S/C17H22ClFO/c18-15-4-3-14(19)11-13(15)12-17(20)9-7-16(8-10-17)5-1-2-6-16/h3-4,11,20H,1-2,5-10,12H2. The summed E-state index contributed by atoms with van der Waals surface area (Å²) >= 11 is 6.12. The lowest BCUT2D eigenvalue weighted by atomic mass is 9.66. The van der Waals surface area contributed by atoms with Crippen molar-refractivity contribution >= 4 is 11.6 Å². The molecule has 3 heteroatoms. The molecule has 20 heavy (non-hydrogen) atoms. The van der Waals surface area contributed by atoms with Crippen molar-refractivity contribution in [3.63, 3.8) is 0 Å². The maximum absolute atomic E-state index is 13.3. The summed E-state index contributed by atoms with van der Waals surface area (Å²) in [7, 11) is 0. The number of hydrogen-bond donors (Lipinski definition) is 1. The third-order valence-corrected chi connectivity index (χ3v) is 5.80. The van der Waals surface area contributed by atoms with Crippen LogP contribution in [0.5, 0.6) is 0 Å². The van der Waals surface area contributed by atoms with Gasteiger partial charge in [0.15, 0.2) is 0 Å². The Bertz CT molecular complexity index is 484. The van der Waals surface area contributed by atoms with Gasteiger partial charge in [0.1, 0.15) is 5.82 Å². The second-order valence-corrected chi connectivity index (χ2v) is 7.25. The zero-order chi connectivity index (χ0) is 14.2. The molecule has 3 rings (SSSR count). The molecule has 2 aliphatic rings. The molecule has 0 heterocycles. The van der Waals surface area contributed by atoms with Crippen LogP contribution in [0.1, 0.15) is 56.9 Å². The van der Waals surface area contributed by atoms with E-state index in [4.69, 9.17) is 11.6 Å². The molecular formula is C17H22ClFO. The van der Waals surface area contributed by atoms with Crippen molar-refractivity contribution in [1.29, 1.82) is 0 Å². The van der Waals surface area contributed by atoms with Crippen molar-refractivity contribution in [2.45, 2.75) is 63.4 Å². The van der Waals surface area contributed by atoms with Crippen LogP contribution in [0.3, 0.4) is 0 Å². The van der Waals surface area contributed by atoms with Gasteiger partial charge in [-0.15, -0.1) is 0 Å². The largest absolute Gasteiger partial charge is 0.390 e. The molecule has 0 unspecified atom stereocenters. The Kier molecular flexibility index (Phi) is 3.81. The Labute approximate surface area is 125 Å². The van der Waals surface area contributed by atoms with E-state index >= 15 is 0 Å². The summed E-state index contributed by atoms with van der Waals surface area (Å²) < 4.78 is 13.3. The summed E-state index contributed by atoms with van der Waals surface area (Å²) in [5, 5.41) is 11.4. The molecule has 1 aromatic rings. The summed E-state index contributed by atoms with van der Waals surface area (Å²) in [5.74, 6) is -0.281. The SMILES string of the molecule is OC1(Cc2cc(F)ccc2Cl)CCC2(CCCC2)CC1. The summed E-state index contributed by atoms with van der Waals surface area (Å²) in [5.41, 5.74) is 0.528. The Balaban J connectivity index is 1.70. The molecule has 2 fully saturated rings. The van der Waals surface area contributed by atoms with Crippen molar-refractivity contribution in [3.05, 3.63) is 34.6 Å². The van der Waals surface area contributed by atoms with Crippen molar-refractivity contribution in [2.75, 3.05) is 0 Å². The second kappa shape index (κ2) is 5.31. The molecular weight excluding hydrogens is 275 g/mol. The molecule has 0 aromatic heterocycles. The molecule has 0 bridgehead atoms. The van der Waals surface area contributed by atoms with E-state index in [0.29, 0.717) is 16.9 Å². The molecule has 0 amide bonds. The minimum atomic E-state index is -0.703. The van der Waals surface area contributed by atoms with E-state index in [1.54, 1.807) is 6.07 Å². The molecule has 1 spiro atoms. The number of hydrogen-bond acceptors (Lipinski definition) is 1. The predicted molar refractivity (Wildman–Crippen MR) is 79.4 cm³/mol. The maximum Gasteiger partial charge on any atom is 0.123 e. The molecule has 0 radical (unpaired) electrons. The highest BCUT2D eigenvalue weighted by Crippen LogP contribution is 2.51. The Morgan fingerprint density at radius 3 is 2.35 bits per heavy atom. The van der Waals surface area contributed by atoms with Crippen molar-refractivity contribution in [3.8, 4) is 0 Å². The Hall–Kier alpha value is -0.600.